The fraction of sp³-hybridized carbons (Fsp3) is 0.238. The maximum atomic E-state index is 13.1. The number of nitrogens with zero attached hydrogens (tertiary/aromatic N) is 4. The number of anilines is 1. The van der Waals surface area contributed by atoms with Gasteiger partial charge in [-0.25, -0.2) is 24.1 Å². The summed E-state index contributed by atoms with van der Waals surface area (Å²) in [6.07, 6.45) is 4.56. The molecule has 1 aliphatic rings. The van der Waals surface area contributed by atoms with Crippen molar-refractivity contribution in [2.24, 2.45) is 0 Å². The van der Waals surface area contributed by atoms with Gasteiger partial charge in [0.2, 0.25) is 5.89 Å². The molecule has 152 valence electrons. The van der Waals surface area contributed by atoms with Gasteiger partial charge in [0.25, 0.3) is 0 Å². The summed E-state index contributed by atoms with van der Waals surface area (Å²) in [7, 11) is 0. The minimum atomic E-state index is -0.397. The normalized spacial score (nSPS) is 16.3. The Morgan fingerprint density at radius 2 is 2.13 bits per heavy atom. The fourth-order valence-corrected chi connectivity index (χ4v) is 4.34. The molecule has 3 aromatic heterocycles. The Labute approximate surface area is 175 Å². The van der Waals surface area contributed by atoms with Gasteiger partial charge in [0, 0.05) is 12.1 Å². The van der Waals surface area contributed by atoms with Crippen LogP contribution in [0.25, 0.3) is 21.7 Å². The first-order valence-electron chi connectivity index (χ1n) is 9.51. The SMILES string of the molecule is O=C(OCc1coc(-c2ccc(F)cc2)n1)C1CCCN1c1ncnc2sccc12. The summed E-state index contributed by atoms with van der Waals surface area (Å²) in [6.45, 7) is 0.742. The minimum Gasteiger partial charge on any atom is -0.458 e. The molecule has 0 N–H and O–H groups in total. The molecule has 0 bridgehead atoms. The van der Waals surface area contributed by atoms with Crippen molar-refractivity contribution >= 4 is 33.3 Å². The summed E-state index contributed by atoms with van der Waals surface area (Å²) in [5.41, 5.74) is 1.15. The van der Waals surface area contributed by atoms with Gasteiger partial charge in [0.05, 0.1) is 5.39 Å². The molecular formula is C21H17FN4O3S. The van der Waals surface area contributed by atoms with Crippen molar-refractivity contribution in [2.45, 2.75) is 25.5 Å². The van der Waals surface area contributed by atoms with E-state index in [2.05, 4.69) is 15.0 Å². The fourth-order valence-electron chi connectivity index (χ4n) is 3.61. The lowest BCUT2D eigenvalue weighted by Gasteiger charge is -2.24. The monoisotopic (exact) mass is 424 g/mol. The molecule has 1 saturated heterocycles. The van der Waals surface area contributed by atoms with Gasteiger partial charge in [0.1, 0.15) is 47.4 Å². The van der Waals surface area contributed by atoms with E-state index in [1.807, 2.05) is 16.3 Å². The molecule has 7 nitrogen and oxygen atoms in total. The third-order valence-corrected chi connectivity index (χ3v) is 5.86. The van der Waals surface area contributed by atoms with Crippen molar-refractivity contribution in [3.05, 3.63) is 59.8 Å². The third-order valence-electron chi connectivity index (χ3n) is 5.04. The van der Waals surface area contributed by atoms with Gasteiger partial charge in [-0.2, -0.15) is 0 Å². The maximum Gasteiger partial charge on any atom is 0.329 e. The predicted molar refractivity (Wildman–Crippen MR) is 109 cm³/mol. The second-order valence-electron chi connectivity index (χ2n) is 6.95. The second kappa shape index (κ2) is 7.83. The third kappa shape index (κ3) is 3.52. The molecule has 1 atom stereocenters. The first-order chi connectivity index (χ1) is 14.7. The summed E-state index contributed by atoms with van der Waals surface area (Å²) in [6, 6.07) is 7.42. The molecule has 30 heavy (non-hydrogen) atoms. The number of hydrogen-bond acceptors (Lipinski definition) is 8. The Bertz CT molecular complexity index is 1190. The summed E-state index contributed by atoms with van der Waals surface area (Å²) >= 11 is 1.55. The molecule has 0 aliphatic carbocycles. The van der Waals surface area contributed by atoms with E-state index in [0.29, 0.717) is 23.6 Å². The van der Waals surface area contributed by atoms with Crippen LogP contribution in [-0.2, 0) is 16.1 Å². The van der Waals surface area contributed by atoms with Crippen LogP contribution in [0, 0.1) is 5.82 Å². The average Bonchev–Trinajstić information content (AvgIpc) is 3.52. The lowest BCUT2D eigenvalue weighted by molar-refractivity contribution is -0.146. The van der Waals surface area contributed by atoms with Gasteiger partial charge in [0.15, 0.2) is 0 Å². The van der Waals surface area contributed by atoms with Crippen LogP contribution in [0.3, 0.4) is 0 Å². The first-order valence-corrected chi connectivity index (χ1v) is 10.4. The van der Waals surface area contributed by atoms with Crippen molar-refractivity contribution in [2.75, 3.05) is 11.4 Å². The topological polar surface area (TPSA) is 81.4 Å². The predicted octanol–water partition coefficient (Wildman–Crippen LogP) is 4.20. The number of carbonyl (C=O) groups excluding carboxylic acids is 1. The number of benzene rings is 1. The van der Waals surface area contributed by atoms with Crippen LogP contribution < -0.4 is 4.90 Å². The largest absolute Gasteiger partial charge is 0.458 e. The van der Waals surface area contributed by atoms with E-state index < -0.39 is 6.04 Å². The standard InChI is InChI=1S/C21H17FN4O3S/c22-14-5-3-13(4-6-14)19-25-15(10-28-19)11-29-21(27)17-2-1-8-26(17)18-16-7-9-30-20(16)24-12-23-18/h3-7,9-10,12,17H,1-2,8,11H2. The van der Waals surface area contributed by atoms with Gasteiger partial charge in [-0.15, -0.1) is 11.3 Å². The molecule has 1 fully saturated rings. The molecule has 0 radical (unpaired) electrons. The molecule has 0 spiro atoms. The Balaban J connectivity index is 1.27. The maximum absolute atomic E-state index is 13.1. The van der Waals surface area contributed by atoms with Crippen molar-refractivity contribution in [1.29, 1.82) is 0 Å². The Hall–Kier alpha value is -3.33. The molecule has 1 unspecified atom stereocenters. The van der Waals surface area contributed by atoms with E-state index in [0.717, 1.165) is 29.0 Å². The quantitative estimate of drug-likeness (QED) is 0.444. The molecule has 5 rings (SSSR count). The van der Waals surface area contributed by atoms with Gasteiger partial charge >= 0.3 is 5.97 Å². The van der Waals surface area contributed by atoms with Crippen LogP contribution in [-0.4, -0.2) is 33.5 Å². The number of carbonyl (C=O) groups is 1. The Morgan fingerprint density at radius 3 is 3.00 bits per heavy atom. The highest BCUT2D eigenvalue weighted by Gasteiger charge is 2.34. The second-order valence-corrected chi connectivity index (χ2v) is 7.84. The van der Waals surface area contributed by atoms with Gasteiger partial charge in [-0.05, 0) is 48.6 Å². The van der Waals surface area contributed by atoms with Crippen LogP contribution in [0.1, 0.15) is 18.5 Å². The Kier molecular flexibility index (Phi) is 4.88. The summed E-state index contributed by atoms with van der Waals surface area (Å²) in [5.74, 6) is 0.468. The summed E-state index contributed by atoms with van der Waals surface area (Å²) < 4.78 is 24.0. The molecule has 4 aromatic rings. The lowest BCUT2D eigenvalue weighted by Crippen LogP contribution is -2.37. The van der Waals surface area contributed by atoms with E-state index in [1.54, 1.807) is 23.5 Å². The van der Waals surface area contributed by atoms with Crippen LogP contribution in [0.4, 0.5) is 10.2 Å². The van der Waals surface area contributed by atoms with Crippen LogP contribution in [0.2, 0.25) is 0 Å². The van der Waals surface area contributed by atoms with E-state index in [4.69, 9.17) is 9.15 Å². The molecule has 4 heterocycles. The van der Waals surface area contributed by atoms with Crippen LogP contribution in [0.5, 0.6) is 0 Å². The first kappa shape index (κ1) is 18.7. The van der Waals surface area contributed by atoms with E-state index >= 15 is 0 Å². The van der Waals surface area contributed by atoms with Crippen molar-refractivity contribution < 1.29 is 18.3 Å². The molecule has 1 aliphatic heterocycles. The lowest BCUT2D eigenvalue weighted by atomic mass is 10.2. The number of ether oxygens (including phenoxy) is 1. The zero-order chi connectivity index (χ0) is 20.5. The molecule has 9 heteroatoms. The molecule has 1 aromatic carbocycles. The smallest absolute Gasteiger partial charge is 0.329 e. The Morgan fingerprint density at radius 1 is 1.27 bits per heavy atom. The summed E-state index contributed by atoms with van der Waals surface area (Å²) in [5, 5.41) is 2.91. The van der Waals surface area contributed by atoms with Gasteiger partial charge in [-0.3, -0.25) is 0 Å². The highest BCUT2D eigenvalue weighted by atomic mass is 32.1. The highest BCUT2D eigenvalue weighted by Crippen LogP contribution is 2.32. The number of oxazole rings is 1. The zero-order valence-electron chi connectivity index (χ0n) is 15.8. The van der Waals surface area contributed by atoms with Crippen LogP contribution in [0.15, 0.2) is 52.7 Å². The zero-order valence-corrected chi connectivity index (χ0v) is 16.6. The number of esters is 1. The molecular weight excluding hydrogens is 407 g/mol. The van der Waals surface area contributed by atoms with E-state index in [1.165, 1.54) is 24.7 Å². The summed E-state index contributed by atoms with van der Waals surface area (Å²) in [4.78, 5) is 28.7. The van der Waals surface area contributed by atoms with Crippen molar-refractivity contribution in [3.63, 3.8) is 0 Å². The molecule has 0 saturated carbocycles. The highest BCUT2D eigenvalue weighted by molar-refractivity contribution is 7.16. The number of fused-ring (bicyclic) bond motifs is 1. The number of rotatable bonds is 5. The average molecular weight is 424 g/mol. The number of thiophene rings is 1. The van der Waals surface area contributed by atoms with E-state index in [9.17, 15) is 9.18 Å². The van der Waals surface area contributed by atoms with Gasteiger partial charge in [-0.1, -0.05) is 0 Å². The molecule has 0 amide bonds. The number of hydrogen-bond donors (Lipinski definition) is 0. The van der Waals surface area contributed by atoms with E-state index in [-0.39, 0.29) is 18.4 Å². The van der Waals surface area contributed by atoms with Crippen LogP contribution >= 0.6 is 11.3 Å². The van der Waals surface area contributed by atoms with Gasteiger partial charge < -0.3 is 14.1 Å². The van der Waals surface area contributed by atoms with Crippen molar-refractivity contribution in [3.8, 4) is 11.5 Å². The number of aromatic nitrogens is 3. The van der Waals surface area contributed by atoms with Crippen molar-refractivity contribution in [1.82, 2.24) is 15.0 Å². The number of halogens is 1. The minimum absolute atomic E-state index is 0.00546.